The van der Waals surface area contributed by atoms with Crippen LogP contribution in [-0.4, -0.2) is 43.5 Å². The second kappa shape index (κ2) is 9.30. The number of amides is 1. The van der Waals surface area contributed by atoms with Gasteiger partial charge in [-0.3, -0.25) is 9.78 Å². The number of nitrogens with zero attached hydrogens (tertiary/aromatic N) is 2. The van der Waals surface area contributed by atoms with Crippen LogP contribution in [0.25, 0.3) is 0 Å². The normalized spacial score (nSPS) is 11.3. The number of benzene rings is 1. The molecule has 140 valence electrons. The molecule has 1 N–H and O–H groups in total. The number of carbonyl (C=O) groups excluding carboxylic acids is 1. The number of carbonyl (C=O) groups is 1. The second-order valence-corrected chi connectivity index (χ2v) is 7.81. The lowest BCUT2D eigenvalue weighted by Gasteiger charge is -2.20. The minimum absolute atomic E-state index is 0.0916. The van der Waals surface area contributed by atoms with Gasteiger partial charge in [0.25, 0.3) is 0 Å². The highest BCUT2D eigenvalue weighted by Crippen LogP contribution is 2.14. The summed E-state index contributed by atoms with van der Waals surface area (Å²) < 4.78 is 30.4. The lowest BCUT2D eigenvalue weighted by atomic mass is 10.2. The van der Waals surface area contributed by atoms with Gasteiger partial charge in [0.05, 0.1) is 13.4 Å². The summed E-state index contributed by atoms with van der Waals surface area (Å²) in [5.74, 6) is 0.500. The molecule has 0 unspecified atom stereocenters. The van der Waals surface area contributed by atoms with Crippen molar-refractivity contribution < 1.29 is 17.9 Å². The topological polar surface area (TPSA) is 88.6 Å². The van der Waals surface area contributed by atoms with Gasteiger partial charge in [0.1, 0.15) is 5.75 Å². The molecule has 1 aromatic carbocycles. The molecule has 26 heavy (non-hydrogen) atoms. The molecule has 0 radical (unpaired) electrons. The molecular weight excluding hydrogens is 354 g/mol. The van der Waals surface area contributed by atoms with Crippen LogP contribution in [0.4, 0.5) is 0 Å². The van der Waals surface area contributed by atoms with Crippen molar-refractivity contribution in [2.24, 2.45) is 0 Å². The fourth-order valence-corrected chi connectivity index (χ4v) is 3.12. The number of sulfonamides is 1. The van der Waals surface area contributed by atoms with Crippen LogP contribution in [0.1, 0.15) is 17.5 Å². The molecule has 0 bridgehead atoms. The van der Waals surface area contributed by atoms with Gasteiger partial charge in [0.15, 0.2) is 0 Å². The molecule has 1 aromatic heterocycles. The molecule has 0 saturated carbocycles. The fourth-order valence-electron chi connectivity index (χ4n) is 2.31. The van der Waals surface area contributed by atoms with Gasteiger partial charge in [-0.25, -0.2) is 8.42 Å². The molecule has 0 aliphatic carbocycles. The number of nitrogens with one attached hydrogen (secondary N) is 1. The lowest BCUT2D eigenvalue weighted by Crippen LogP contribution is -2.34. The van der Waals surface area contributed by atoms with Crippen molar-refractivity contribution in [3.63, 3.8) is 0 Å². The Morgan fingerprint density at radius 3 is 2.35 bits per heavy atom. The summed E-state index contributed by atoms with van der Waals surface area (Å²) in [5.41, 5.74) is 1.76. The van der Waals surface area contributed by atoms with E-state index in [1.54, 1.807) is 43.8 Å². The lowest BCUT2D eigenvalue weighted by molar-refractivity contribution is -0.121. The Hall–Kier alpha value is -2.45. The first-order valence-corrected chi connectivity index (χ1v) is 9.97. The number of hydrogen-bond donors (Lipinski definition) is 1. The third kappa shape index (κ3) is 6.45. The van der Waals surface area contributed by atoms with Crippen LogP contribution < -0.4 is 10.1 Å². The van der Waals surface area contributed by atoms with Crippen molar-refractivity contribution >= 4 is 15.9 Å². The SMILES string of the molecule is COc1ccc(CN(CCC(=O)NCc2ccncc2)S(C)(=O)=O)cc1. The van der Waals surface area contributed by atoms with E-state index in [1.807, 2.05) is 12.1 Å². The van der Waals surface area contributed by atoms with Gasteiger partial charge in [0, 0.05) is 38.4 Å². The van der Waals surface area contributed by atoms with Crippen molar-refractivity contribution in [1.29, 1.82) is 0 Å². The summed E-state index contributed by atoms with van der Waals surface area (Å²) >= 11 is 0. The molecule has 0 spiro atoms. The molecule has 0 aliphatic heterocycles. The van der Waals surface area contributed by atoms with E-state index in [0.29, 0.717) is 12.3 Å². The fraction of sp³-hybridized carbons (Fsp3) is 0.333. The van der Waals surface area contributed by atoms with E-state index in [9.17, 15) is 13.2 Å². The number of rotatable bonds is 9. The van der Waals surface area contributed by atoms with Crippen LogP contribution in [0.5, 0.6) is 5.75 Å². The van der Waals surface area contributed by atoms with Gasteiger partial charge in [-0.2, -0.15) is 4.31 Å². The summed E-state index contributed by atoms with van der Waals surface area (Å²) in [6.45, 7) is 0.714. The van der Waals surface area contributed by atoms with E-state index >= 15 is 0 Å². The molecule has 2 aromatic rings. The molecule has 1 heterocycles. The van der Waals surface area contributed by atoms with E-state index in [4.69, 9.17) is 4.74 Å². The van der Waals surface area contributed by atoms with E-state index < -0.39 is 10.0 Å². The van der Waals surface area contributed by atoms with Crippen LogP contribution in [0.15, 0.2) is 48.8 Å². The zero-order valence-electron chi connectivity index (χ0n) is 14.9. The summed E-state index contributed by atoms with van der Waals surface area (Å²) in [6, 6.07) is 10.8. The summed E-state index contributed by atoms with van der Waals surface area (Å²) in [6.07, 6.45) is 4.54. The monoisotopic (exact) mass is 377 g/mol. The smallest absolute Gasteiger partial charge is 0.221 e. The maximum Gasteiger partial charge on any atom is 0.221 e. The average Bonchev–Trinajstić information content (AvgIpc) is 2.63. The Morgan fingerprint density at radius 1 is 1.12 bits per heavy atom. The Morgan fingerprint density at radius 2 is 1.77 bits per heavy atom. The molecule has 2 rings (SSSR count). The number of aromatic nitrogens is 1. The first-order chi connectivity index (χ1) is 12.4. The van der Waals surface area contributed by atoms with Crippen molar-refractivity contribution in [2.45, 2.75) is 19.5 Å². The van der Waals surface area contributed by atoms with Crippen LogP contribution in [0.3, 0.4) is 0 Å². The number of ether oxygens (including phenoxy) is 1. The highest BCUT2D eigenvalue weighted by Gasteiger charge is 2.18. The Bertz CT molecular complexity index is 808. The highest BCUT2D eigenvalue weighted by molar-refractivity contribution is 7.88. The standard InChI is InChI=1S/C18H23N3O4S/c1-25-17-5-3-16(4-6-17)14-21(26(2,23)24)12-9-18(22)20-13-15-7-10-19-11-8-15/h3-8,10-11H,9,12-14H2,1-2H3,(H,20,22). The van der Waals surface area contributed by atoms with Crippen LogP contribution >= 0.6 is 0 Å². The van der Waals surface area contributed by atoms with Crippen molar-refractivity contribution in [1.82, 2.24) is 14.6 Å². The minimum atomic E-state index is -3.43. The Labute approximate surface area is 154 Å². The maximum absolute atomic E-state index is 12.0. The van der Waals surface area contributed by atoms with Gasteiger partial charge in [0.2, 0.25) is 15.9 Å². The summed E-state index contributed by atoms with van der Waals surface area (Å²) in [5, 5.41) is 2.78. The van der Waals surface area contributed by atoms with Gasteiger partial charge in [-0.15, -0.1) is 0 Å². The predicted molar refractivity (Wildman–Crippen MR) is 98.9 cm³/mol. The molecule has 7 nitrogen and oxygen atoms in total. The first kappa shape index (κ1) is 19.9. The molecule has 8 heteroatoms. The van der Waals surface area contributed by atoms with Crippen LogP contribution in [-0.2, 0) is 27.9 Å². The second-order valence-electron chi connectivity index (χ2n) is 5.83. The van der Waals surface area contributed by atoms with E-state index in [0.717, 1.165) is 17.4 Å². The number of pyridine rings is 1. The highest BCUT2D eigenvalue weighted by atomic mass is 32.2. The number of methoxy groups -OCH3 is 1. The molecule has 0 aliphatic rings. The molecule has 0 saturated heterocycles. The molecule has 0 fully saturated rings. The van der Waals surface area contributed by atoms with Crippen molar-refractivity contribution in [2.75, 3.05) is 19.9 Å². The van der Waals surface area contributed by atoms with Crippen LogP contribution in [0, 0.1) is 0 Å². The van der Waals surface area contributed by atoms with E-state index in [-0.39, 0.29) is 25.4 Å². The van der Waals surface area contributed by atoms with Gasteiger partial charge in [-0.05, 0) is 35.4 Å². The zero-order valence-corrected chi connectivity index (χ0v) is 15.7. The van der Waals surface area contributed by atoms with Gasteiger partial charge >= 0.3 is 0 Å². The predicted octanol–water partition coefficient (Wildman–Crippen LogP) is 1.56. The largest absolute Gasteiger partial charge is 0.497 e. The third-order valence-electron chi connectivity index (χ3n) is 3.81. The van der Waals surface area contributed by atoms with E-state index in [1.165, 1.54) is 4.31 Å². The average molecular weight is 377 g/mol. The van der Waals surface area contributed by atoms with Gasteiger partial charge < -0.3 is 10.1 Å². The molecular formula is C18H23N3O4S. The maximum atomic E-state index is 12.0. The third-order valence-corrected chi connectivity index (χ3v) is 5.06. The number of hydrogen-bond acceptors (Lipinski definition) is 5. The van der Waals surface area contributed by atoms with Crippen molar-refractivity contribution in [3.05, 3.63) is 59.9 Å². The molecule has 1 amide bonds. The first-order valence-electron chi connectivity index (χ1n) is 8.12. The Balaban J connectivity index is 1.90. The Kier molecular flexibility index (Phi) is 7.11. The zero-order chi connectivity index (χ0) is 19.0. The summed E-state index contributed by atoms with van der Waals surface area (Å²) in [7, 11) is -1.86. The quantitative estimate of drug-likeness (QED) is 0.716. The van der Waals surface area contributed by atoms with Gasteiger partial charge in [-0.1, -0.05) is 12.1 Å². The molecule has 0 atom stereocenters. The van der Waals surface area contributed by atoms with E-state index in [2.05, 4.69) is 10.3 Å². The van der Waals surface area contributed by atoms with Crippen molar-refractivity contribution in [3.8, 4) is 5.75 Å². The van der Waals surface area contributed by atoms with Crippen LogP contribution in [0.2, 0.25) is 0 Å². The minimum Gasteiger partial charge on any atom is -0.497 e. The summed E-state index contributed by atoms with van der Waals surface area (Å²) in [4.78, 5) is 15.9.